The number of urea groups is 1. The molecule has 0 aromatic heterocycles. The monoisotopic (exact) mass is 471 g/mol. The van der Waals surface area contributed by atoms with Gasteiger partial charge in [0.05, 0.1) is 0 Å². The lowest BCUT2D eigenvalue weighted by Gasteiger charge is -2.23. The van der Waals surface area contributed by atoms with E-state index in [9.17, 15) is 9.59 Å². The lowest BCUT2D eigenvalue weighted by Crippen LogP contribution is -2.46. The fourth-order valence-electron chi connectivity index (χ4n) is 5.11. The highest BCUT2D eigenvalue weighted by Crippen LogP contribution is 2.54. The van der Waals surface area contributed by atoms with Crippen molar-refractivity contribution in [3.63, 3.8) is 0 Å². The first-order chi connectivity index (χ1) is 17.1. The lowest BCUT2D eigenvalue weighted by atomic mass is 9.77. The van der Waals surface area contributed by atoms with Gasteiger partial charge in [-0.1, -0.05) is 42.5 Å². The molecule has 0 bridgehead atoms. The number of amides is 3. The maximum atomic E-state index is 13.9. The Labute approximate surface area is 202 Å². The summed E-state index contributed by atoms with van der Waals surface area (Å²) < 4.78 is 17.1. The molecule has 1 spiro atoms. The number of hydrogen-bond donors (Lipinski definition) is 2. The van der Waals surface area contributed by atoms with E-state index < -0.39 is 5.41 Å². The van der Waals surface area contributed by atoms with Crippen molar-refractivity contribution >= 4 is 17.6 Å². The molecule has 8 heteroatoms. The van der Waals surface area contributed by atoms with E-state index in [1.165, 1.54) is 0 Å². The van der Waals surface area contributed by atoms with Gasteiger partial charge in [0, 0.05) is 37.0 Å². The number of nitrogens with zero attached hydrogens (tertiary/aromatic N) is 1. The molecular formula is C27H25N3O5. The lowest BCUT2D eigenvalue weighted by molar-refractivity contribution is -0.122. The van der Waals surface area contributed by atoms with Gasteiger partial charge < -0.3 is 29.7 Å². The number of benzene rings is 3. The third kappa shape index (κ3) is 3.36. The van der Waals surface area contributed by atoms with Crippen LogP contribution in [0.2, 0.25) is 0 Å². The second-order valence-electron chi connectivity index (χ2n) is 8.91. The van der Waals surface area contributed by atoms with Crippen LogP contribution in [0.25, 0.3) is 0 Å². The molecule has 3 aromatic rings. The summed E-state index contributed by atoms with van der Waals surface area (Å²) in [6, 6.07) is 19.1. The van der Waals surface area contributed by atoms with Crippen LogP contribution in [0.15, 0.2) is 60.7 Å². The number of carbonyl (C=O) groups is 2. The second-order valence-corrected chi connectivity index (χ2v) is 8.91. The molecule has 2 N–H and O–H groups in total. The maximum Gasteiger partial charge on any atom is 0.315 e. The predicted molar refractivity (Wildman–Crippen MR) is 129 cm³/mol. The number of nitrogens with one attached hydrogen (secondary N) is 2. The Kier molecular flexibility index (Phi) is 5.02. The van der Waals surface area contributed by atoms with Crippen LogP contribution in [0.4, 0.5) is 10.5 Å². The van der Waals surface area contributed by atoms with Crippen LogP contribution in [-0.2, 0) is 16.8 Å². The van der Waals surface area contributed by atoms with Crippen LogP contribution in [0.5, 0.6) is 17.2 Å². The van der Waals surface area contributed by atoms with Gasteiger partial charge in [0.25, 0.3) is 0 Å². The van der Waals surface area contributed by atoms with Crippen LogP contribution in [-0.4, -0.2) is 38.4 Å². The Morgan fingerprint density at radius 3 is 2.57 bits per heavy atom. The number of ether oxygens (including phenoxy) is 3. The molecule has 1 unspecified atom stereocenters. The Balaban J connectivity index is 1.19. The molecule has 3 heterocycles. The fraction of sp³-hybridized carbons (Fsp3) is 0.259. The summed E-state index contributed by atoms with van der Waals surface area (Å²) in [5.41, 5.74) is 3.75. The van der Waals surface area contributed by atoms with Gasteiger partial charge in [-0.05, 0) is 35.7 Å². The van der Waals surface area contributed by atoms with E-state index in [2.05, 4.69) is 10.6 Å². The van der Waals surface area contributed by atoms with E-state index in [1.807, 2.05) is 61.5 Å². The number of hydrogen-bond acceptors (Lipinski definition) is 5. The molecule has 0 fully saturated rings. The molecule has 3 aliphatic rings. The Morgan fingerprint density at radius 2 is 1.71 bits per heavy atom. The van der Waals surface area contributed by atoms with Crippen LogP contribution in [0, 0.1) is 6.92 Å². The number of carbonyl (C=O) groups excluding carboxylic acids is 2. The van der Waals surface area contributed by atoms with Crippen LogP contribution < -0.4 is 29.7 Å². The molecule has 0 saturated heterocycles. The summed E-state index contributed by atoms with van der Waals surface area (Å²) in [5, 5.41) is 5.75. The maximum absolute atomic E-state index is 13.9. The highest BCUT2D eigenvalue weighted by Gasteiger charge is 2.57. The van der Waals surface area contributed by atoms with E-state index in [0.29, 0.717) is 36.9 Å². The molecule has 0 radical (unpaired) electrons. The zero-order valence-electron chi connectivity index (χ0n) is 19.3. The molecule has 3 aromatic carbocycles. The summed E-state index contributed by atoms with van der Waals surface area (Å²) in [6.45, 7) is 3.47. The molecule has 3 aliphatic heterocycles. The van der Waals surface area contributed by atoms with Crippen molar-refractivity contribution in [2.45, 2.75) is 18.9 Å². The van der Waals surface area contributed by atoms with Gasteiger partial charge in [0.2, 0.25) is 12.7 Å². The average molecular weight is 472 g/mol. The topological polar surface area (TPSA) is 89.1 Å². The summed E-state index contributed by atoms with van der Waals surface area (Å²) >= 11 is 0. The number of fused-ring (bicyclic) bond motifs is 5. The third-order valence-corrected chi connectivity index (χ3v) is 6.97. The third-order valence-electron chi connectivity index (χ3n) is 6.97. The van der Waals surface area contributed by atoms with Gasteiger partial charge in [0.1, 0.15) is 17.8 Å². The zero-order valence-corrected chi connectivity index (χ0v) is 19.3. The molecule has 35 heavy (non-hydrogen) atoms. The van der Waals surface area contributed by atoms with E-state index >= 15 is 0 Å². The molecule has 8 nitrogen and oxygen atoms in total. The largest absolute Gasteiger partial charge is 0.491 e. The molecule has 1 atom stereocenters. The van der Waals surface area contributed by atoms with Gasteiger partial charge in [-0.25, -0.2) is 4.79 Å². The summed E-state index contributed by atoms with van der Waals surface area (Å²) in [6.07, 6.45) is 0. The number of anilines is 1. The first kappa shape index (κ1) is 21.3. The predicted octanol–water partition coefficient (Wildman–Crippen LogP) is 3.25. The molecule has 178 valence electrons. The van der Waals surface area contributed by atoms with Crippen LogP contribution in [0.3, 0.4) is 0 Å². The molecular weight excluding hydrogens is 446 g/mol. The Bertz CT molecular complexity index is 1340. The van der Waals surface area contributed by atoms with E-state index in [1.54, 1.807) is 11.0 Å². The van der Waals surface area contributed by atoms with Crippen LogP contribution >= 0.6 is 0 Å². The standard InChI is InChI=1S/C27H25N3O5/c1-17-6-2-3-7-18(17)14-29-26(32)28-10-11-30-21-9-5-4-8-19(21)27(25(30)31)15-33-22-13-24-23(12-20(22)27)34-16-35-24/h2-9,12-13H,10-11,14-16H2,1H3,(H2,28,29,32). The molecule has 0 saturated carbocycles. The van der Waals surface area contributed by atoms with Crippen molar-refractivity contribution in [1.82, 2.24) is 10.6 Å². The normalized spacial score (nSPS) is 18.9. The van der Waals surface area contributed by atoms with Crippen molar-refractivity contribution in [3.05, 3.63) is 82.9 Å². The number of rotatable bonds is 5. The highest BCUT2D eigenvalue weighted by atomic mass is 16.7. The Hall–Kier alpha value is -4.20. The summed E-state index contributed by atoms with van der Waals surface area (Å²) in [7, 11) is 0. The molecule has 0 aliphatic carbocycles. The number of para-hydroxylation sites is 1. The van der Waals surface area contributed by atoms with Crippen molar-refractivity contribution in [1.29, 1.82) is 0 Å². The van der Waals surface area contributed by atoms with Crippen molar-refractivity contribution in [2.24, 2.45) is 0 Å². The molecule has 3 amide bonds. The quantitative estimate of drug-likeness (QED) is 0.597. The Morgan fingerprint density at radius 1 is 0.943 bits per heavy atom. The van der Waals surface area contributed by atoms with Gasteiger partial charge >= 0.3 is 6.03 Å². The highest BCUT2D eigenvalue weighted by molar-refractivity contribution is 6.11. The van der Waals surface area contributed by atoms with E-state index in [4.69, 9.17) is 14.2 Å². The van der Waals surface area contributed by atoms with Crippen LogP contribution in [0.1, 0.15) is 22.3 Å². The van der Waals surface area contributed by atoms with Gasteiger partial charge in [0.15, 0.2) is 11.5 Å². The van der Waals surface area contributed by atoms with Crippen molar-refractivity contribution in [2.75, 3.05) is 31.4 Å². The first-order valence-electron chi connectivity index (χ1n) is 11.6. The zero-order chi connectivity index (χ0) is 24.0. The van der Waals surface area contributed by atoms with Crippen molar-refractivity contribution in [3.8, 4) is 17.2 Å². The summed E-state index contributed by atoms with van der Waals surface area (Å²) in [4.78, 5) is 28.0. The minimum Gasteiger partial charge on any atom is -0.491 e. The average Bonchev–Trinajstić information content (AvgIpc) is 3.54. The fourth-order valence-corrected chi connectivity index (χ4v) is 5.11. The number of aryl methyl sites for hydroxylation is 1. The first-order valence-corrected chi connectivity index (χ1v) is 11.6. The summed E-state index contributed by atoms with van der Waals surface area (Å²) in [5.74, 6) is 1.80. The molecule has 6 rings (SSSR count). The minimum atomic E-state index is -0.944. The van der Waals surface area contributed by atoms with Gasteiger partial charge in [-0.2, -0.15) is 0 Å². The smallest absolute Gasteiger partial charge is 0.315 e. The second kappa shape index (κ2) is 8.23. The minimum absolute atomic E-state index is 0.0709. The van der Waals surface area contributed by atoms with Gasteiger partial charge in [-0.3, -0.25) is 4.79 Å². The van der Waals surface area contributed by atoms with E-state index in [-0.39, 0.29) is 25.3 Å². The van der Waals surface area contributed by atoms with Gasteiger partial charge in [-0.15, -0.1) is 0 Å². The van der Waals surface area contributed by atoms with Crippen molar-refractivity contribution < 1.29 is 23.8 Å². The van der Waals surface area contributed by atoms with E-state index in [0.717, 1.165) is 27.9 Å². The SMILES string of the molecule is Cc1ccccc1CNC(=O)NCCN1C(=O)C2(COc3cc4c(cc32)OCO4)c2ccccc21.